The molecule has 2 aliphatic heterocycles. The van der Waals surface area contributed by atoms with Crippen molar-refractivity contribution in [2.75, 3.05) is 13.1 Å². The highest BCUT2D eigenvalue weighted by Gasteiger charge is 2.32. The Kier molecular flexibility index (Phi) is 6.62. The summed E-state index contributed by atoms with van der Waals surface area (Å²) in [6, 6.07) is 7.37. The van der Waals surface area contributed by atoms with Gasteiger partial charge in [-0.3, -0.25) is 24.0 Å². The highest BCUT2D eigenvalue weighted by molar-refractivity contribution is 6.00. The van der Waals surface area contributed by atoms with E-state index in [1.54, 1.807) is 36.1 Å². The molecule has 2 aliphatic rings. The summed E-state index contributed by atoms with van der Waals surface area (Å²) >= 11 is 0. The van der Waals surface area contributed by atoms with Crippen LogP contribution in [0.5, 0.6) is 5.75 Å². The minimum atomic E-state index is -0.763. The Balaban J connectivity index is 1.24. The molecule has 0 spiro atoms. The van der Waals surface area contributed by atoms with Crippen LogP contribution in [0.3, 0.4) is 0 Å². The second-order valence-electron chi connectivity index (χ2n) is 9.56. The highest BCUT2D eigenvalue weighted by atomic mass is 16.5. The third-order valence-electron chi connectivity index (χ3n) is 6.68. The Morgan fingerprint density at radius 3 is 2.68 bits per heavy atom. The fourth-order valence-corrected chi connectivity index (χ4v) is 4.53. The molecule has 1 atom stereocenters. The Hall–Kier alpha value is -4.61. The van der Waals surface area contributed by atoms with Crippen LogP contribution in [0.25, 0.3) is 5.65 Å². The highest BCUT2D eigenvalue weighted by Crippen LogP contribution is 2.26. The summed E-state index contributed by atoms with van der Waals surface area (Å²) in [4.78, 5) is 67.4. The maximum Gasteiger partial charge on any atom is 0.315 e. The number of benzene rings is 1. The summed E-state index contributed by atoms with van der Waals surface area (Å²) in [6.45, 7) is 4.35. The topological polar surface area (TPSA) is 152 Å². The van der Waals surface area contributed by atoms with Crippen molar-refractivity contribution in [2.24, 2.45) is 5.92 Å². The van der Waals surface area contributed by atoms with Gasteiger partial charge in [-0.05, 0) is 24.6 Å². The van der Waals surface area contributed by atoms with Gasteiger partial charge in [0.2, 0.25) is 5.91 Å². The van der Waals surface area contributed by atoms with Crippen LogP contribution in [0.1, 0.15) is 52.4 Å². The molecular weight excluding hydrogens is 492 g/mol. The van der Waals surface area contributed by atoms with Crippen molar-refractivity contribution in [2.45, 2.75) is 39.3 Å². The number of nitrogens with zero attached hydrogens (tertiary/aromatic N) is 4. The predicted octanol–water partition coefficient (Wildman–Crippen LogP) is 0.677. The number of ketones is 1. The van der Waals surface area contributed by atoms with Gasteiger partial charge in [0.05, 0.1) is 18.7 Å². The average Bonchev–Trinajstić information content (AvgIpc) is 3.48. The number of carbonyl (C=O) groups is 5. The summed E-state index contributed by atoms with van der Waals surface area (Å²) in [6.07, 6.45) is 1.91. The van der Waals surface area contributed by atoms with E-state index in [0.717, 1.165) is 11.1 Å². The van der Waals surface area contributed by atoms with Gasteiger partial charge in [-0.2, -0.15) is 5.10 Å². The number of ether oxygens (including phenoxy) is 1. The summed E-state index contributed by atoms with van der Waals surface area (Å²) < 4.78 is 6.39. The molecule has 1 saturated heterocycles. The van der Waals surface area contributed by atoms with Crippen molar-refractivity contribution >= 4 is 35.1 Å². The summed E-state index contributed by atoms with van der Waals surface area (Å²) in [5, 5.41) is 9.58. The number of Topliss-reactive ketones (excluding diaryl/α,β-unsaturated/α-hetero) is 1. The zero-order chi connectivity index (χ0) is 27.0. The van der Waals surface area contributed by atoms with Gasteiger partial charge in [0.15, 0.2) is 11.4 Å². The number of fused-ring (bicyclic) bond motifs is 2. The number of esters is 1. The Morgan fingerprint density at radius 2 is 1.92 bits per heavy atom. The minimum absolute atomic E-state index is 0.0144. The minimum Gasteiger partial charge on any atom is -0.426 e. The number of hydrogen-bond donors (Lipinski definition) is 2. The third kappa shape index (κ3) is 5.10. The van der Waals surface area contributed by atoms with E-state index in [2.05, 4.69) is 20.7 Å². The van der Waals surface area contributed by atoms with Gasteiger partial charge < -0.3 is 20.3 Å². The Labute approximate surface area is 217 Å². The SMILES string of the molecule is CC(=O)N1CC(CC(=O)[C@H](C)NC(=O)c2cc(C(=O)NCc3ccc4c(c3)CC(=O)O4)nc3ccnn23)C1. The zero-order valence-corrected chi connectivity index (χ0v) is 20.9. The van der Waals surface area contributed by atoms with E-state index < -0.39 is 17.9 Å². The van der Waals surface area contributed by atoms with E-state index in [0.29, 0.717) is 24.5 Å². The molecule has 12 heteroatoms. The van der Waals surface area contributed by atoms with Crippen LogP contribution in [-0.4, -0.2) is 68.1 Å². The lowest BCUT2D eigenvalue weighted by molar-refractivity contribution is -0.137. The van der Waals surface area contributed by atoms with Gasteiger partial charge >= 0.3 is 5.97 Å². The molecule has 5 rings (SSSR count). The average molecular weight is 519 g/mol. The molecule has 3 aromatic rings. The second kappa shape index (κ2) is 10.0. The predicted molar refractivity (Wildman–Crippen MR) is 132 cm³/mol. The first-order valence-electron chi connectivity index (χ1n) is 12.2. The molecular formula is C26H26N6O6. The number of aromatic nitrogens is 3. The molecule has 0 radical (unpaired) electrons. The lowest BCUT2D eigenvalue weighted by Gasteiger charge is -2.38. The van der Waals surface area contributed by atoms with Crippen LogP contribution in [-0.2, 0) is 27.3 Å². The molecule has 4 heterocycles. The molecule has 12 nitrogen and oxygen atoms in total. The molecule has 0 unspecified atom stereocenters. The monoisotopic (exact) mass is 518 g/mol. The fraction of sp³-hybridized carbons (Fsp3) is 0.346. The summed E-state index contributed by atoms with van der Waals surface area (Å²) in [7, 11) is 0. The van der Waals surface area contributed by atoms with E-state index in [1.807, 2.05) is 0 Å². The van der Waals surface area contributed by atoms with Crippen molar-refractivity contribution in [3.05, 3.63) is 59.0 Å². The largest absolute Gasteiger partial charge is 0.426 e. The van der Waals surface area contributed by atoms with Crippen molar-refractivity contribution in [3.8, 4) is 5.75 Å². The number of amides is 3. The standard InChI is InChI=1S/C26H26N6O6/c1-14(21(34)8-17-12-31(13-17)15(2)33)29-26(37)20-10-19(30-23-5-6-28-32(20)23)25(36)27-11-16-3-4-22-18(7-16)9-24(35)38-22/h3-7,10,14,17H,8-9,11-13H2,1-2H3,(H,27,36)(H,29,37)/t14-/m0/s1. The van der Waals surface area contributed by atoms with Crippen molar-refractivity contribution in [1.82, 2.24) is 30.1 Å². The molecule has 38 heavy (non-hydrogen) atoms. The first-order chi connectivity index (χ1) is 18.2. The van der Waals surface area contributed by atoms with Gasteiger partial charge in [-0.25, -0.2) is 9.50 Å². The molecule has 196 valence electrons. The molecule has 2 N–H and O–H groups in total. The zero-order valence-electron chi connectivity index (χ0n) is 20.9. The van der Waals surface area contributed by atoms with Crippen molar-refractivity contribution < 1.29 is 28.7 Å². The van der Waals surface area contributed by atoms with Crippen molar-refractivity contribution in [1.29, 1.82) is 0 Å². The van der Waals surface area contributed by atoms with Crippen LogP contribution in [0.2, 0.25) is 0 Å². The number of hydrogen-bond acceptors (Lipinski definition) is 8. The normalized spacial score (nSPS) is 15.4. The van der Waals surface area contributed by atoms with Crippen LogP contribution < -0.4 is 15.4 Å². The molecule has 0 saturated carbocycles. The third-order valence-corrected chi connectivity index (χ3v) is 6.68. The van der Waals surface area contributed by atoms with Crippen LogP contribution in [0.15, 0.2) is 36.5 Å². The van der Waals surface area contributed by atoms with E-state index in [1.165, 1.54) is 23.7 Å². The molecule has 1 fully saturated rings. The van der Waals surface area contributed by atoms with Crippen molar-refractivity contribution in [3.63, 3.8) is 0 Å². The first-order valence-corrected chi connectivity index (χ1v) is 12.2. The summed E-state index contributed by atoms with van der Waals surface area (Å²) in [5.41, 5.74) is 1.92. The lowest BCUT2D eigenvalue weighted by Crippen LogP contribution is -2.51. The molecule has 3 amide bonds. The smallest absolute Gasteiger partial charge is 0.315 e. The van der Waals surface area contributed by atoms with E-state index in [9.17, 15) is 24.0 Å². The van der Waals surface area contributed by atoms with Gasteiger partial charge in [-0.1, -0.05) is 6.07 Å². The maximum absolute atomic E-state index is 13.1. The van der Waals surface area contributed by atoms with Gasteiger partial charge in [-0.15, -0.1) is 0 Å². The van der Waals surface area contributed by atoms with E-state index in [-0.39, 0.29) is 54.4 Å². The number of nitrogens with one attached hydrogen (secondary N) is 2. The van der Waals surface area contributed by atoms with E-state index in [4.69, 9.17) is 4.74 Å². The number of rotatable bonds is 8. The number of carbonyl (C=O) groups excluding carboxylic acids is 5. The molecule has 0 aliphatic carbocycles. The number of likely N-dealkylation sites (tertiary alicyclic amines) is 1. The summed E-state index contributed by atoms with van der Waals surface area (Å²) in [5.74, 6) is -0.946. The van der Waals surface area contributed by atoms with Gasteiger partial charge in [0.1, 0.15) is 17.1 Å². The maximum atomic E-state index is 13.1. The molecule has 2 aromatic heterocycles. The molecule has 0 bridgehead atoms. The van der Waals surface area contributed by atoms with Gasteiger partial charge in [0, 0.05) is 56.6 Å². The van der Waals surface area contributed by atoms with Crippen LogP contribution in [0.4, 0.5) is 0 Å². The van der Waals surface area contributed by atoms with Gasteiger partial charge in [0.25, 0.3) is 11.8 Å². The quantitative estimate of drug-likeness (QED) is 0.326. The fourth-order valence-electron chi connectivity index (χ4n) is 4.53. The Morgan fingerprint density at radius 1 is 1.13 bits per heavy atom. The van der Waals surface area contributed by atoms with Crippen LogP contribution >= 0.6 is 0 Å². The molecule has 1 aromatic carbocycles. The first kappa shape index (κ1) is 25.1. The lowest BCUT2D eigenvalue weighted by atomic mass is 9.92. The van der Waals surface area contributed by atoms with E-state index >= 15 is 0 Å². The van der Waals surface area contributed by atoms with Crippen LogP contribution in [0, 0.1) is 5.92 Å². The second-order valence-corrected chi connectivity index (χ2v) is 9.56. The Bertz CT molecular complexity index is 1470.